The molecular weight excluding hydrogens is 476 g/mol. The molecule has 1 saturated carbocycles. The number of benzene rings is 2. The average Bonchev–Trinajstić information content (AvgIpc) is 3.23. The number of nitrogens with zero attached hydrogens (tertiary/aromatic N) is 5. The zero-order valence-electron chi connectivity index (χ0n) is 21.7. The molecule has 0 bridgehead atoms. The van der Waals surface area contributed by atoms with Crippen molar-refractivity contribution in [3.05, 3.63) is 72.1 Å². The molecule has 8 heteroatoms. The minimum Gasteiger partial charge on any atom is -0.354 e. The summed E-state index contributed by atoms with van der Waals surface area (Å²) in [5, 5.41) is 8.53. The Kier molecular flexibility index (Phi) is 7.20. The smallest absolute Gasteiger partial charge is 0.317 e. The summed E-state index contributed by atoms with van der Waals surface area (Å²) in [6, 6.07) is 20.6. The van der Waals surface area contributed by atoms with Gasteiger partial charge in [0, 0.05) is 44.2 Å². The molecular formula is C30H34N6O2. The predicted molar refractivity (Wildman–Crippen MR) is 148 cm³/mol. The molecule has 0 unspecified atom stereocenters. The van der Waals surface area contributed by atoms with Crippen LogP contribution in [0.25, 0.3) is 22.4 Å². The minimum absolute atomic E-state index is 0.0614. The molecule has 2 fully saturated rings. The van der Waals surface area contributed by atoms with Gasteiger partial charge >= 0.3 is 6.03 Å². The van der Waals surface area contributed by atoms with E-state index < -0.39 is 0 Å². The van der Waals surface area contributed by atoms with Crippen LogP contribution >= 0.6 is 0 Å². The molecule has 1 aliphatic carbocycles. The van der Waals surface area contributed by atoms with Crippen LogP contribution in [-0.4, -0.2) is 58.3 Å². The molecule has 6 rings (SSSR count). The van der Waals surface area contributed by atoms with Crippen LogP contribution in [0.5, 0.6) is 0 Å². The Balaban J connectivity index is 1.29. The second kappa shape index (κ2) is 11.2. The topological polar surface area (TPSA) is 87.4 Å². The first-order chi connectivity index (χ1) is 18.7. The number of carbonyl (C=O) groups is 1. The summed E-state index contributed by atoms with van der Waals surface area (Å²) in [5.41, 5.74) is 3.35. The Labute approximate surface area is 223 Å². The normalized spacial score (nSPS) is 16.9. The maximum absolute atomic E-state index is 13.1. The van der Waals surface area contributed by atoms with Gasteiger partial charge in [0.25, 0.3) is 5.71 Å². The number of anilines is 1. The van der Waals surface area contributed by atoms with Crippen molar-refractivity contribution in [2.45, 2.75) is 51.0 Å². The number of fused-ring (bicyclic) bond motifs is 1. The molecule has 0 atom stereocenters. The highest BCUT2D eigenvalue weighted by Crippen LogP contribution is 2.34. The van der Waals surface area contributed by atoms with Crippen molar-refractivity contribution in [3.8, 4) is 11.3 Å². The first-order valence-corrected chi connectivity index (χ1v) is 13.8. The zero-order valence-corrected chi connectivity index (χ0v) is 21.7. The number of nitrogens with one attached hydrogen (secondary N) is 1. The Morgan fingerprint density at radius 2 is 1.63 bits per heavy atom. The van der Waals surface area contributed by atoms with Gasteiger partial charge in [0.15, 0.2) is 0 Å². The van der Waals surface area contributed by atoms with E-state index >= 15 is 0 Å². The van der Waals surface area contributed by atoms with Crippen molar-refractivity contribution in [1.82, 2.24) is 25.3 Å². The molecule has 4 aromatic rings. The summed E-state index contributed by atoms with van der Waals surface area (Å²) in [6.45, 7) is 2.86. The number of aromatic nitrogens is 3. The van der Waals surface area contributed by atoms with Crippen LogP contribution in [-0.2, 0) is 6.42 Å². The highest BCUT2D eigenvalue weighted by Gasteiger charge is 2.27. The van der Waals surface area contributed by atoms with Crippen LogP contribution in [0.4, 0.5) is 10.6 Å². The third-order valence-corrected chi connectivity index (χ3v) is 7.63. The molecule has 3 heterocycles. The Hall–Kier alpha value is -3.94. The van der Waals surface area contributed by atoms with Gasteiger partial charge in [-0.05, 0) is 24.8 Å². The lowest BCUT2D eigenvalue weighted by Gasteiger charge is -2.28. The fourth-order valence-electron chi connectivity index (χ4n) is 5.60. The van der Waals surface area contributed by atoms with E-state index in [1.54, 1.807) is 0 Å². The fourth-order valence-corrected chi connectivity index (χ4v) is 5.60. The summed E-state index contributed by atoms with van der Waals surface area (Å²) in [4.78, 5) is 27.2. The SMILES string of the molecule is O=C(NC1CCCCC1)N1CCCN(c2nc(Cc3ccccc3)nc3onc(-c4ccccc4)c23)CC1. The van der Waals surface area contributed by atoms with Crippen LogP contribution in [0.2, 0.25) is 0 Å². The maximum Gasteiger partial charge on any atom is 0.317 e. The number of urea groups is 1. The number of carbonyl (C=O) groups excluding carboxylic acids is 1. The Morgan fingerprint density at radius 3 is 2.42 bits per heavy atom. The molecule has 2 aromatic heterocycles. The summed E-state index contributed by atoms with van der Waals surface area (Å²) in [7, 11) is 0. The van der Waals surface area contributed by atoms with E-state index in [1.165, 1.54) is 19.3 Å². The van der Waals surface area contributed by atoms with Gasteiger partial charge in [-0.3, -0.25) is 0 Å². The molecule has 0 radical (unpaired) electrons. The van der Waals surface area contributed by atoms with E-state index in [0.29, 0.717) is 37.1 Å². The molecule has 2 aliphatic rings. The van der Waals surface area contributed by atoms with E-state index in [-0.39, 0.29) is 6.03 Å². The third kappa shape index (κ3) is 5.35. The van der Waals surface area contributed by atoms with Crippen molar-refractivity contribution in [1.29, 1.82) is 0 Å². The molecule has 1 saturated heterocycles. The molecule has 2 amide bonds. The lowest BCUT2D eigenvalue weighted by Crippen LogP contribution is -2.46. The molecule has 1 N–H and O–H groups in total. The van der Waals surface area contributed by atoms with E-state index in [4.69, 9.17) is 14.5 Å². The first-order valence-electron chi connectivity index (χ1n) is 13.8. The van der Waals surface area contributed by atoms with E-state index in [9.17, 15) is 4.79 Å². The van der Waals surface area contributed by atoms with Gasteiger partial charge in [0.2, 0.25) is 0 Å². The molecule has 2 aromatic carbocycles. The molecule has 0 spiro atoms. The molecule has 8 nitrogen and oxygen atoms in total. The quantitative estimate of drug-likeness (QED) is 0.385. The second-order valence-electron chi connectivity index (χ2n) is 10.3. The molecule has 196 valence electrons. The van der Waals surface area contributed by atoms with Gasteiger partial charge in [0.1, 0.15) is 22.7 Å². The standard InChI is InChI=1S/C30H34N6O2/c37-30(31-24-15-8-3-9-16-24)36-18-10-17-35(19-20-36)28-26-27(23-13-6-2-7-14-23)34-38-29(26)33-25(32-28)21-22-11-4-1-5-12-22/h1-2,4-7,11-14,24H,3,8-10,15-21H2,(H,31,37). The van der Waals surface area contributed by atoms with Crippen LogP contribution in [0, 0.1) is 0 Å². The van der Waals surface area contributed by atoms with Gasteiger partial charge in [-0.2, -0.15) is 4.98 Å². The summed E-state index contributed by atoms with van der Waals surface area (Å²) in [6.07, 6.45) is 7.33. The number of hydrogen-bond donors (Lipinski definition) is 1. The largest absolute Gasteiger partial charge is 0.354 e. The van der Waals surface area contributed by atoms with Gasteiger partial charge in [-0.25, -0.2) is 9.78 Å². The highest BCUT2D eigenvalue weighted by atomic mass is 16.5. The van der Waals surface area contributed by atoms with Crippen LogP contribution in [0.1, 0.15) is 49.9 Å². The predicted octanol–water partition coefficient (Wildman–Crippen LogP) is 5.43. The first kappa shape index (κ1) is 24.4. The Morgan fingerprint density at radius 1 is 0.868 bits per heavy atom. The van der Waals surface area contributed by atoms with E-state index in [1.807, 2.05) is 53.4 Å². The van der Waals surface area contributed by atoms with Crippen LogP contribution in [0.15, 0.2) is 65.2 Å². The van der Waals surface area contributed by atoms with Crippen molar-refractivity contribution >= 4 is 22.9 Å². The third-order valence-electron chi connectivity index (χ3n) is 7.63. The minimum atomic E-state index is 0.0614. The van der Waals surface area contributed by atoms with Crippen molar-refractivity contribution in [2.24, 2.45) is 0 Å². The highest BCUT2D eigenvalue weighted by molar-refractivity contribution is 5.98. The van der Waals surface area contributed by atoms with Crippen molar-refractivity contribution < 1.29 is 9.32 Å². The van der Waals surface area contributed by atoms with Crippen molar-refractivity contribution in [2.75, 3.05) is 31.1 Å². The van der Waals surface area contributed by atoms with Gasteiger partial charge in [-0.1, -0.05) is 85.1 Å². The summed E-state index contributed by atoms with van der Waals surface area (Å²) >= 11 is 0. The second-order valence-corrected chi connectivity index (χ2v) is 10.3. The summed E-state index contributed by atoms with van der Waals surface area (Å²) < 4.78 is 5.79. The van der Waals surface area contributed by atoms with Gasteiger partial charge in [0.05, 0.1) is 0 Å². The number of hydrogen-bond acceptors (Lipinski definition) is 6. The van der Waals surface area contributed by atoms with E-state index in [0.717, 1.165) is 60.4 Å². The van der Waals surface area contributed by atoms with Crippen LogP contribution < -0.4 is 10.2 Å². The monoisotopic (exact) mass is 510 g/mol. The lowest BCUT2D eigenvalue weighted by atomic mass is 9.96. The van der Waals surface area contributed by atoms with E-state index in [2.05, 4.69) is 27.5 Å². The average molecular weight is 511 g/mol. The fraction of sp³-hybridized carbons (Fsp3) is 0.400. The lowest BCUT2D eigenvalue weighted by molar-refractivity contribution is 0.193. The number of rotatable bonds is 5. The van der Waals surface area contributed by atoms with Gasteiger partial charge < -0.3 is 19.6 Å². The number of amides is 2. The maximum atomic E-state index is 13.1. The van der Waals surface area contributed by atoms with Gasteiger partial charge in [-0.15, -0.1) is 0 Å². The Bertz CT molecular complexity index is 1370. The van der Waals surface area contributed by atoms with Crippen LogP contribution in [0.3, 0.4) is 0 Å². The zero-order chi connectivity index (χ0) is 25.7. The molecule has 38 heavy (non-hydrogen) atoms. The van der Waals surface area contributed by atoms with Crippen molar-refractivity contribution in [3.63, 3.8) is 0 Å². The summed E-state index contributed by atoms with van der Waals surface area (Å²) in [5.74, 6) is 1.53. The molecule has 1 aliphatic heterocycles.